The van der Waals surface area contributed by atoms with Gasteiger partial charge in [-0.2, -0.15) is 5.10 Å². The molecule has 2 heterocycles. The molecule has 1 atom stereocenters. The van der Waals surface area contributed by atoms with Crippen molar-refractivity contribution in [3.8, 4) is 11.5 Å². The van der Waals surface area contributed by atoms with Crippen LogP contribution in [-0.2, 0) is 4.79 Å². The van der Waals surface area contributed by atoms with E-state index in [9.17, 15) is 9.59 Å². The normalized spacial score (nSPS) is 13.3. The van der Waals surface area contributed by atoms with Gasteiger partial charge in [-0.05, 0) is 43.7 Å². The van der Waals surface area contributed by atoms with Gasteiger partial charge >= 0.3 is 0 Å². The molecular weight excluding hydrogens is 456 g/mol. The number of benzene rings is 3. The van der Waals surface area contributed by atoms with Gasteiger partial charge in [0.25, 0.3) is 11.8 Å². The van der Waals surface area contributed by atoms with Gasteiger partial charge in [-0.1, -0.05) is 48.5 Å². The second-order valence-electron chi connectivity index (χ2n) is 8.72. The topological polar surface area (TPSA) is 94.0 Å². The van der Waals surface area contributed by atoms with Crippen molar-refractivity contribution in [1.29, 1.82) is 0 Å². The quantitative estimate of drug-likeness (QED) is 0.298. The second kappa shape index (κ2) is 9.95. The summed E-state index contributed by atoms with van der Waals surface area (Å²) in [4.78, 5) is 26.2. The number of fused-ring (bicyclic) bond motifs is 2. The van der Waals surface area contributed by atoms with Crippen LogP contribution < -0.4 is 20.2 Å². The molecule has 2 amide bonds. The monoisotopic (exact) mass is 482 g/mol. The highest BCUT2D eigenvalue weighted by Gasteiger charge is 2.24. The van der Waals surface area contributed by atoms with E-state index in [1.807, 2.05) is 42.6 Å². The summed E-state index contributed by atoms with van der Waals surface area (Å²) in [7, 11) is 0. The molecule has 0 bridgehead atoms. The molecule has 4 aromatic rings. The number of nitrogens with zero attached hydrogens (tertiary/aromatic N) is 2. The highest BCUT2D eigenvalue weighted by atomic mass is 16.7. The lowest BCUT2D eigenvalue weighted by molar-refractivity contribution is -0.123. The van der Waals surface area contributed by atoms with Crippen LogP contribution in [0.5, 0.6) is 11.5 Å². The summed E-state index contributed by atoms with van der Waals surface area (Å²) in [5.74, 6) is 0.200. The number of ether oxygens (including phenoxy) is 2. The molecule has 0 saturated heterocycles. The van der Waals surface area contributed by atoms with Crippen LogP contribution in [0.3, 0.4) is 0 Å². The van der Waals surface area contributed by atoms with Gasteiger partial charge in [-0.3, -0.25) is 9.59 Å². The zero-order valence-corrected chi connectivity index (χ0v) is 20.0. The molecule has 2 N–H and O–H groups in total. The Morgan fingerprint density at radius 3 is 2.53 bits per heavy atom. The number of carbonyl (C=O) groups excluding carboxylic acids is 2. The number of nitrogens with one attached hydrogen (secondary N) is 2. The molecule has 3 aromatic carbocycles. The summed E-state index contributed by atoms with van der Waals surface area (Å²) in [6.45, 7) is 4.34. The average Bonchev–Trinajstić information content (AvgIpc) is 3.52. The molecule has 0 spiro atoms. The van der Waals surface area contributed by atoms with Crippen LogP contribution in [0.2, 0.25) is 0 Å². The van der Waals surface area contributed by atoms with Gasteiger partial charge < -0.3 is 19.4 Å². The smallest absolute Gasteiger partial charge is 0.267 e. The first-order chi connectivity index (χ1) is 17.5. The van der Waals surface area contributed by atoms with Crippen molar-refractivity contribution >= 4 is 28.9 Å². The third kappa shape index (κ3) is 4.65. The van der Waals surface area contributed by atoms with Crippen molar-refractivity contribution in [3.05, 3.63) is 95.7 Å². The lowest BCUT2D eigenvalue weighted by atomic mass is 10.1. The molecule has 0 unspecified atom stereocenters. The molecule has 1 aromatic heterocycles. The largest absolute Gasteiger partial charge is 0.454 e. The van der Waals surface area contributed by atoms with Crippen LogP contribution in [0, 0.1) is 0 Å². The van der Waals surface area contributed by atoms with E-state index >= 15 is 0 Å². The SMILES string of the molecule is CC(C)n1cc(/C=N\NC(=O)[C@H](NC(=O)c2ccc3c(c2)OCO3)c2ccccc2)c2ccccc21. The molecule has 5 rings (SSSR count). The number of hydrazone groups is 1. The Bertz CT molecular complexity index is 1440. The van der Waals surface area contributed by atoms with E-state index in [1.54, 1.807) is 36.5 Å². The van der Waals surface area contributed by atoms with Crippen LogP contribution in [0.25, 0.3) is 10.9 Å². The number of carbonyl (C=O) groups is 2. The molecule has 0 aliphatic carbocycles. The maximum Gasteiger partial charge on any atom is 0.267 e. The Labute approximate surface area is 208 Å². The zero-order valence-electron chi connectivity index (χ0n) is 20.0. The van der Waals surface area contributed by atoms with E-state index < -0.39 is 17.9 Å². The number of amides is 2. The fraction of sp³-hybridized carbons (Fsp3) is 0.179. The predicted molar refractivity (Wildman–Crippen MR) is 137 cm³/mol. The van der Waals surface area contributed by atoms with E-state index in [-0.39, 0.29) is 12.8 Å². The predicted octanol–water partition coefficient (Wildman–Crippen LogP) is 4.57. The van der Waals surface area contributed by atoms with Crippen molar-refractivity contribution in [2.75, 3.05) is 6.79 Å². The number of hydrogen-bond acceptors (Lipinski definition) is 5. The van der Waals surface area contributed by atoms with Gasteiger partial charge in [0, 0.05) is 34.3 Å². The second-order valence-corrected chi connectivity index (χ2v) is 8.72. The molecule has 0 fully saturated rings. The van der Waals surface area contributed by atoms with Crippen molar-refractivity contribution in [2.24, 2.45) is 5.10 Å². The van der Waals surface area contributed by atoms with Crippen LogP contribution in [0.4, 0.5) is 0 Å². The summed E-state index contributed by atoms with van der Waals surface area (Å²) in [6.07, 6.45) is 3.64. The third-order valence-electron chi connectivity index (χ3n) is 6.01. The molecule has 8 nitrogen and oxygen atoms in total. The Balaban J connectivity index is 1.35. The summed E-state index contributed by atoms with van der Waals surface area (Å²) < 4.78 is 12.8. The Morgan fingerprint density at radius 1 is 0.972 bits per heavy atom. The van der Waals surface area contributed by atoms with Crippen molar-refractivity contribution < 1.29 is 19.1 Å². The fourth-order valence-corrected chi connectivity index (χ4v) is 4.19. The van der Waals surface area contributed by atoms with E-state index in [1.165, 1.54) is 0 Å². The Kier molecular flexibility index (Phi) is 6.40. The van der Waals surface area contributed by atoms with E-state index in [2.05, 4.69) is 40.3 Å². The molecular formula is C28H26N4O4. The standard InChI is InChI=1S/C28H26N4O4/c1-18(2)32-16-21(22-10-6-7-11-23(22)32)15-29-31-28(34)26(19-8-4-3-5-9-19)30-27(33)20-12-13-24-25(14-20)36-17-35-24/h3-16,18,26H,17H2,1-2H3,(H,30,33)(H,31,34)/b29-15-/t26-/m1/s1. The lowest BCUT2D eigenvalue weighted by Crippen LogP contribution is -2.38. The first kappa shape index (κ1) is 23.2. The van der Waals surface area contributed by atoms with Crippen LogP contribution in [0.15, 0.2) is 84.1 Å². The maximum atomic E-state index is 13.2. The Morgan fingerprint density at radius 2 is 1.72 bits per heavy atom. The summed E-state index contributed by atoms with van der Waals surface area (Å²) >= 11 is 0. The molecule has 1 aliphatic rings. The van der Waals surface area contributed by atoms with Crippen LogP contribution in [0.1, 0.15) is 47.4 Å². The van der Waals surface area contributed by atoms with Crippen molar-refractivity contribution in [2.45, 2.75) is 25.9 Å². The molecule has 36 heavy (non-hydrogen) atoms. The van der Waals surface area contributed by atoms with Gasteiger partial charge in [-0.25, -0.2) is 5.43 Å². The molecule has 0 radical (unpaired) electrons. The minimum absolute atomic E-state index is 0.114. The van der Waals surface area contributed by atoms with Gasteiger partial charge in [-0.15, -0.1) is 0 Å². The van der Waals surface area contributed by atoms with Gasteiger partial charge in [0.2, 0.25) is 6.79 Å². The maximum absolute atomic E-state index is 13.2. The van der Waals surface area contributed by atoms with E-state index in [0.29, 0.717) is 22.6 Å². The summed E-state index contributed by atoms with van der Waals surface area (Å²) in [5.41, 5.74) is 5.57. The molecule has 182 valence electrons. The summed E-state index contributed by atoms with van der Waals surface area (Å²) in [6, 6.07) is 21.3. The third-order valence-corrected chi connectivity index (χ3v) is 6.01. The number of aromatic nitrogens is 1. The molecule has 8 heteroatoms. The first-order valence-electron chi connectivity index (χ1n) is 11.7. The average molecular weight is 483 g/mol. The van der Waals surface area contributed by atoms with Crippen LogP contribution in [-0.4, -0.2) is 29.4 Å². The van der Waals surface area contributed by atoms with Gasteiger partial charge in [0.15, 0.2) is 11.5 Å². The van der Waals surface area contributed by atoms with E-state index in [0.717, 1.165) is 16.5 Å². The molecule has 0 saturated carbocycles. The summed E-state index contributed by atoms with van der Waals surface area (Å²) in [5, 5.41) is 8.07. The number of hydrogen-bond donors (Lipinski definition) is 2. The van der Waals surface area contributed by atoms with Gasteiger partial charge in [0.05, 0.1) is 6.21 Å². The van der Waals surface area contributed by atoms with Crippen molar-refractivity contribution in [3.63, 3.8) is 0 Å². The van der Waals surface area contributed by atoms with E-state index in [4.69, 9.17) is 9.47 Å². The fourth-order valence-electron chi connectivity index (χ4n) is 4.19. The number of para-hydroxylation sites is 1. The first-order valence-corrected chi connectivity index (χ1v) is 11.7. The number of rotatable bonds is 7. The minimum Gasteiger partial charge on any atom is -0.454 e. The van der Waals surface area contributed by atoms with Gasteiger partial charge in [0.1, 0.15) is 6.04 Å². The Hall–Kier alpha value is -4.59. The zero-order chi connectivity index (χ0) is 25.1. The highest BCUT2D eigenvalue weighted by Crippen LogP contribution is 2.32. The van der Waals surface area contributed by atoms with Crippen molar-refractivity contribution in [1.82, 2.24) is 15.3 Å². The molecule has 1 aliphatic heterocycles. The highest BCUT2D eigenvalue weighted by molar-refractivity contribution is 6.01. The van der Waals surface area contributed by atoms with Crippen LogP contribution >= 0.6 is 0 Å². The minimum atomic E-state index is -0.946. The lowest BCUT2D eigenvalue weighted by Gasteiger charge is -2.17.